The van der Waals surface area contributed by atoms with Crippen molar-refractivity contribution in [2.75, 3.05) is 6.54 Å². The van der Waals surface area contributed by atoms with E-state index in [-0.39, 0.29) is 22.6 Å². The number of carbonyl (C=O) groups is 2. The van der Waals surface area contributed by atoms with E-state index in [4.69, 9.17) is 5.11 Å². The van der Waals surface area contributed by atoms with Gasteiger partial charge in [-0.2, -0.15) is 0 Å². The van der Waals surface area contributed by atoms with E-state index >= 15 is 0 Å². The Morgan fingerprint density at radius 1 is 1.42 bits per heavy atom. The first-order valence-corrected chi connectivity index (χ1v) is 6.48. The fourth-order valence-electron chi connectivity index (χ4n) is 2.48. The molecule has 0 atom stereocenters. The van der Waals surface area contributed by atoms with E-state index in [0.717, 1.165) is 12.8 Å². The quantitative estimate of drug-likeness (QED) is 0.870. The highest BCUT2D eigenvalue weighted by atomic mass is 16.4. The van der Waals surface area contributed by atoms with Crippen LogP contribution in [0.3, 0.4) is 0 Å². The van der Waals surface area contributed by atoms with Crippen LogP contribution in [-0.4, -0.2) is 28.5 Å². The molecule has 1 aliphatic rings. The van der Waals surface area contributed by atoms with Crippen LogP contribution < -0.4 is 5.32 Å². The van der Waals surface area contributed by atoms with Crippen LogP contribution in [0.15, 0.2) is 18.3 Å². The molecule has 1 saturated carbocycles. The molecular weight excluding hydrogens is 244 g/mol. The number of hydrogen-bond donors (Lipinski definition) is 2. The van der Waals surface area contributed by atoms with Crippen LogP contribution in [0.2, 0.25) is 0 Å². The molecule has 0 unspecified atom stereocenters. The lowest BCUT2D eigenvalue weighted by molar-refractivity contribution is 0.0696. The first kappa shape index (κ1) is 13.5. The number of amides is 1. The van der Waals surface area contributed by atoms with Gasteiger partial charge in [-0.1, -0.05) is 19.8 Å². The zero-order valence-electron chi connectivity index (χ0n) is 11.0. The maximum Gasteiger partial charge on any atom is 0.335 e. The normalized spacial score (nSPS) is 17.1. The van der Waals surface area contributed by atoms with Crippen LogP contribution in [0.1, 0.15) is 53.5 Å². The fourth-order valence-corrected chi connectivity index (χ4v) is 2.48. The van der Waals surface area contributed by atoms with Crippen LogP contribution in [0.5, 0.6) is 0 Å². The molecule has 1 aromatic rings. The highest BCUT2D eigenvalue weighted by Gasteiger charge is 2.29. The average molecular weight is 262 g/mol. The monoisotopic (exact) mass is 262 g/mol. The van der Waals surface area contributed by atoms with Crippen molar-refractivity contribution in [2.45, 2.75) is 32.6 Å². The summed E-state index contributed by atoms with van der Waals surface area (Å²) < 4.78 is 0. The van der Waals surface area contributed by atoms with Gasteiger partial charge < -0.3 is 10.4 Å². The molecule has 0 bridgehead atoms. The van der Waals surface area contributed by atoms with Gasteiger partial charge in [0.1, 0.15) is 5.69 Å². The molecule has 1 heterocycles. The molecule has 1 aliphatic carbocycles. The zero-order valence-corrected chi connectivity index (χ0v) is 11.0. The van der Waals surface area contributed by atoms with E-state index in [9.17, 15) is 9.59 Å². The predicted octanol–water partition coefficient (Wildman–Crippen LogP) is 2.09. The number of nitrogens with one attached hydrogen (secondary N) is 1. The minimum Gasteiger partial charge on any atom is -0.478 e. The van der Waals surface area contributed by atoms with Crippen LogP contribution in [0.25, 0.3) is 0 Å². The van der Waals surface area contributed by atoms with Gasteiger partial charge in [0, 0.05) is 12.7 Å². The highest BCUT2D eigenvalue weighted by Crippen LogP contribution is 2.36. The van der Waals surface area contributed by atoms with Crippen LogP contribution in [0, 0.1) is 5.41 Å². The van der Waals surface area contributed by atoms with Crippen LogP contribution >= 0.6 is 0 Å². The van der Waals surface area contributed by atoms with Gasteiger partial charge in [0.15, 0.2) is 0 Å². The van der Waals surface area contributed by atoms with E-state index in [2.05, 4.69) is 17.2 Å². The second kappa shape index (κ2) is 5.38. The van der Waals surface area contributed by atoms with Crippen molar-refractivity contribution >= 4 is 11.9 Å². The molecular formula is C14H18N2O3. The van der Waals surface area contributed by atoms with Gasteiger partial charge in [0.05, 0.1) is 5.56 Å². The van der Waals surface area contributed by atoms with Gasteiger partial charge in [-0.15, -0.1) is 0 Å². The maximum atomic E-state index is 12.0. The van der Waals surface area contributed by atoms with Crippen molar-refractivity contribution in [1.29, 1.82) is 0 Å². The molecule has 2 N–H and O–H groups in total. The Hall–Kier alpha value is -1.91. The highest BCUT2D eigenvalue weighted by molar-refractivity contribution is 5.95. The van der Waals surface area contributed by atoms with Gasteiger partial charge in [0.2, 0.25) is 0 Å². The Morgan fingerprint density at radius 3 is 2.74 bits per heavy atom. The Morgan fingerprint density at radius 2 is 2.11 bits per heavy atom. The largest absolute Gasteiger partial charge is 0.478 e. The number of nitrogens with zero attached hydrogens (tertiary/aromatic N) is 1. The molecule has 1 aromatic heterocycles. The summed E-state index contributed by atoms with van der Waals surface area (Å²) in [6.45, 7) is 2.78. The summed E-state index contributed by atoms with van der Waals surface area (Å²) in [6, 6.07) is 2.67. The number of carbonyl (C=O) groups excluding carboxylic acids is 1. The predicted molar refractivity (Wildman–Crippen MR) is 70.1 cm³/mol. The van der Waals surface area contributed by atoms with E-state index in [1.165, 1.54) is 31.2 Å². The molecule has 5 heteroatoms. The molecule has 1 fully saturated rings. The summed E-state index contributed by atoms with van der Waals surface area (Å²) in [5.41, 5.74) is 0.397. The first-order chi connectivity index (χ1) is 9.00. The number of hydrogen-bond acceptors (Lipinski definition) is 3. The van der Waals surface area contributed by atoms with Gasteiger partial charge >= 0.3 is 5.97 Å². The third-order valence-electron chi connectivity index (χ3n) is 3.73. The van der Waals surface area contributed by atoms with Gasteiger partial charge in [0.25, 0.3) is 5.91 Å². The molecule has 1 amide bonds. The molecule has 102 valence electrons. The second-order valence-electron chi connectivity index (χ2n) is 5.44. The van der Waals surface area contributed by atoms with E-state index in [1.54, 1.807) is 0 Å². The molecule has 19 heavy (non-hydrogen) atoms. The Kier molecular flexibility index (Phi) is 3.83. The number of pyridine rings is 1. The van der Waals surface area contributed by atoms with Crippen molar-refractivity contribution in [2.24, 2.45) is 5.41 Å². The van der Waals surface area contributed by atoms with Crippen molar-refractivity contribution in [3.05, 3.63) is 29.6 Å². The number of aromatic nitrogens is 1. The summed E-state index contributed by atoms with van der Waals surface area (Å²) in [5, 5.41) is 11.7. The minimum absolute atomic E-state index is 0.0761. The molecule has 2 rings (SSSR count). The lowest BCUT2D eigenvalue weighted by atomic mass is 9.89. The third-order valence-corrected chi connectivity index (χ3v) is 3.73. The van der Waals surface area contributed by atoms with Gasteiger partial charge in [-0.25, -0.2) is 4.79 Å². The van der Waals surface area contributed by atoms with Gasteiger partial charge in [-0.3, -0.25) is 9.78 Å². The summed E-state index contributed by atoms with van der Waals surface area (Å²) in [4.78, 5) is 26.7. The molecule has 5 nitrogen and oxygen atoms in total. The number of carboxylic acid groups (broad SMARTS) is 1. The number of rotatable bonds is 4. The third kappa shape index (κ3) is 3.30. The summed E-state index contributed by atoms with van der Waals surface area (Å²) in [5.74, 6) is -1.37. The average Bonchev–Trinajstić information content (AvgIpc) is 2.83. The lowest BCUT2D eigenvalue weighted by Gasteiger charge is -2.23. The number of aromatic carboxylic acids is 1. The lowest BCUT2D eigenvalue weighted by Crippen LogP contribution is -2.34. The topological polar surface area (TPSA) is 79.3 Å². The van der Waals surface area contributed by atoms with Crippen LogP contribution in [-0.2, 0) is 0 Å². The Bertz CT molecular complexity index is 493. The second-order valence-corrected chi connectivity index (χ2v) is 5.44. The standard InChI is InChI=1S/C14H18N2O3/c1-14(5-2-3-6-14)9-16-12(17)11-8-10(13(18)19)4-7-15-11/h4,7-8H,2-3,5-6,9H2,1H3,(H,16,17)(H,18,19). The number of carboxylic acids is 1. The van der Waals surface area contributed by atoms with Crippen molar-refractivity contribution < 1.29 is 14.7 Å². The Labute approximate surface area is 112 Å². The summed E-state index contributed by atoms with van der Waals surface area (Å²) in [6.07, 6.45) is 6.00. The first-order valence-electron chi connectivity index (χ1n) is 6.48. The molecule has 0 saturated heterocycles. The van der Waals surface area contributed by atoms with E-state index < -0.39 is 5.97 Å². The maximum absolute atomic E-state index is 12.0. The van der Waals surface area contributed by atoms with Gasteiger partial charge in [-0.05, 0) is 30.4 Å². The zero-order chi connectivity index (χ0) is 13.9. The van der Waals surface area contributed by atoms with Crippen LogP contribution in [0.4, 0.5) is 0 Å². The molecule has 0 aliphatic heterocycles. The smallest absolute Gasteiger partial charge is 0.335 e. The Balaban J connectivity index is 1.99. The summed E-state index contributed by atoms with van der Waals surface area (Å²) in [7, 11) is 0. The molecule has 0 spiro atoms. The van der Waals surface area contributed by atoms with Crippen molar-refractivity contribution in [3.63, 3.8) is 0 Å². The molecule has 0 radical (unpaired) electrons. The fraction of sp³-hybridized carbons (Fsp3) is 0.500. The molecule has 0 aromatic carbocycles. The SMILES string of the molecule is CC1(CNC(=O)c2cc(C(=O)O)ccn2)CCCC1. The summed E-state index contributed by atoms with van der Waals surface area (Å²) >= 11 is 0. The van der Waals surface area contributed by atoms with E-state index in [1.807, 2.05) is 0 Å². The van der Waals surface area contributed by atoms with Crippen molar-refractivity contribution in [3.8, 4) is 0 Å². The van der Waals surface area contributed by atoms with E-state index in [0.29, 0.717) is 6.54 Å². The minimum atomic E-state index is -1.06. The van der Waals surface area contributed by atoms with Crippen molar-refractivity contribution in [1.82, 2.24) is 10.3 Å².